The van der Waals surface area contributed by atoms with E-state index in [0.29, 0.717) is 18.9 Å². The van der Waals surface area contributed by atoms with Gasteiger partial charge >= 0.3 is 0 Å². The molecule has 1 aromatic heterocycles. The Morgan fingerprint density at radius 3 is 2.80 bits per heavy atom. The Morgan fingerprint density at radius 2 is 2.11 bits per heavy atom. The molecule has 9 atom stereocenters. The Balaban J connectivity index is 1.49. The highest BCUT2D eigenvalue weighted by Gasteiger charge is 2.48. The van der Waals surface area contributed by atoms with Gasteiger partial charge in [0, 0.05) is 6.20 Å². The molecule has 0 radical (unpaired) electrons. The first-order chi connectivity index (χ1) is 16.8. The van der Waals surface area contributed by atoms with Crippen LogP contribution in [0.5, 0.6) is 5.75 Å². The number of alkyl halides is 1. The van der Waals surface area contributed by atoms with Crippen molar-refractivity contribution < 1.29 is 29.6 Å². The maximum atomic E-state index is 13.1. The van der Waals surface area contributed by atoms with Gasteiger partial charge in [-0.1, -0.05) is 0 Å². The number of aliphatic hydroxyl groups excluding tert-OH is 3. The summed E-state index contributed by atoms with van der Waals surface area (Å²) in [7, 11) is 0. The van der Waals surface area contributed by atoms with Gasteiger partial charge in [-0.2, -0.15) is 0 Å². The number of nitrogens with zero attached hydrogens (tertiary/aromatic N) is 1. The van der Waals surface area contributed by atoms with Crippen LogP contribution < -0.4 is 15.4 Å². The smallest absolute Gasteiger partial charge is 0.237 e. The third-order valence-corrected chi connectivity index (χ3v) is 7.91. The zero-order valence-electron chi connectivity index (χ0n) is 20.3. The lowest BCUT2D eigenvalue weighted by Crippen LogP contribution is -2.65. The second kappa shape index (κ2) is 14.0. The van der Waals surface area contributed by atoms with Crippen LogP contribution in [0.15, 0.2) is 24.5 Å². The molecule has 1 aromatic rings. The Bertz CT molecular complexity index is 777. The van der Waals surface area contributed by atoms with Crippen LogP contribution >= 0.6 is 23.4 Å². The quantitative estimate of drug-likeness (QED) is 0.223. The topological polar surface area (TPSA) is 133 Å². The van der Waals surface area contributed by atoms with Crippen molar-refractivity contribution >= 4 is 29.3 Å². The van der Waals surface area contributed by atoms with E-state index in [4.69, 9.17) is 21.1 Å². The fraction of sp³-hybridized carbons (Fsp3) is 0.750. The lowest BCUT2D eigenvalue weighted by Gasteiger charge is -2.44. The molecule has 3 heterocycles. The van der Waals surface area contributed by atoms with E-state index in [2.05, 4.69) is 15.6 Å². The zero-order valence-corrected chi connectivity index (χ0v) is 21.8. The first kappa shape index (κ1) is 28.4. The van der Waals surface area contributed by atoms with Gasteiger partial charge in [-0.3, -0.25) is 9.78 Å². The number of ether oxygens (including phenoxy) is 2. The summed E-state index contributed by atoms with van der Waals surface area (Å²) >= 11 is 7.60. The average Bonchev–Trinajstić information content (AvgIpc) is 3.10. The molecule has 2 aliphatic heterocycles. The molecule has 5 N–H and O–H groups in total. The minimum absolute atomic E-state index is 0.208. The SMILES string of the molecule is CS[C@H]1OC([C@H](NC(=O)[C@@H]2CC[C@H](CCCOc3cccnc3)CCN2)[C@H](C)Cl)[C@H](O)[C@H](O)[C@H]1O. The molecule has 0 bridgehead atoms. The van der Waals surface area contributed by atoms with E-state index in [-0.39, 0.29) is 11.9 Å². The predicted molar refractivity (Wildman–Crippen MR) is 136 cm³/mol. The standard InChI is InChI=1S/C24H38ClN3O6S/c1-14(25)18(22-20(30)19(29)21(31)24(34-22)35-2)28-23(32)17-8-7-15(9-11-27-17)5-4-12-33-16-6-3-10-26-13-16/h3,6,10,13-15,17-22,24,27,29-31H,4-5,7-9,11-12H2,1-2H3,(H,28,32)/t14-,15-,17-,18+,19-,20+,21+,22?,24+/m0/s1. The maximum absolute atomic E-state index is 13.1. The van der Waals surface area contributed by atoms with Gasteiger partial charge in [0.25, 0.3) is 0 Å². The van der Waals surface area contributed by atoms with E-state index >= 15 is 0 Å². The van der Waals surface area contributed by atoms with E-state index in [1.165, 1.54) is 11.8 Å². The lowest BCUT2D eigenvalue weighted by molar-refractivity contribution is -0.205. The second-order valence-corrected chi connectivity index (χ2v) is 10.9. The number of aliphatic hydroxyl groups is 3. The number of carbonyl (C=O) groups is 1. The van der Waals surface area contributed by atoms with Crippen molar-refractivity contribution in [2.75, 3.05) is 19.4 Å². The molecule has 0 aromatic carbocycles. The third-order valence-electron chi connectivity index (χ3n) is 6.78. The number of hydrogen-bond donors (Lipinski definition) is 5. The van der Waals surface area contributed by atoms with Crippen molar-refractivity contribution in [3.05, 3.63) is 24.5 Å². The molecule has 11 heteroatoms. The van der Waals surface area contributed by atoms with Crippen LogP contribution in [-0.4, -0.2) is 92.9 Å². The molecular weight excluding hydrogens is 494 g/mol. The van der Waals surface area contributed by atoms with Crippen molar-refractivity contribution in [3.8, 4) is 5.75 Å². The first-order valence-electron chi connectivity index (χ1n) is 12.2. The van der Waals surface area contributed by atoms with Gasteiger partial charge in [-0.25, -0.2) is 0 Å². The first-order valence-corrected chi connectivity index (χ1v) is 14.0. The van der Waals surface area contributed by atoms with Crippen LogP contribution in [0.25, 0.3) is 0 Å². The summed E-state index contributed by atoms with van der Waals surface area (Å²) in [6, 6.07) is 2.63. The van der Waals surface area contributed by atoms with Crippen LogP contribution in [0.1, 0.15) is 39.0 Å². The number of amides is 1. The summed E-state index contributed by atoms with van der Waals surface area (Å²) in [6.07, 6.45) is 4.77. The Hall–Kier alpha value is -1.14. The normalized spacial score (nSPS) is 33.4. The Kier molecular flexibility index (Phi) is 11.3. The number of halogens is 1. The summed E-state index contributed by atoms with van der Waals surface area (Å²) in [5.74, 6) is 1.07. The molecule has 2 fully saturated rings. The molecule has 35 heavy (non-hydrogen) atoms. The average molecular weight is 532 g/mol. The fourth-order valence-electron chi connectivity index (χ4n) is 4.71. The molecule has 2 saturated heterocycles. The number of carbonyl (C=O) groups excluding carboxylic acids is 1. The third kappa shape index (κ3) is 7.92. The minimum atomic E-state index is -1.39. The van der Waals surface area contributed by atoms with Crippen LogP contribution in [0, 0.1) is 5.92 Å². The maximum Gasteiger partial charge on any atom is 0.237 e. The number of rotatable bonds is 10. The molecule has 3 rings (SSSR count). The van der Waals surface area contributed by atoms with Gasteiger partial charge in [-0.05, 0) is 69.9 Å². The number of pyridine rings is 1. The number of aromatic nitrogens is 1. The van der Waals surface area contributed by atoms with E-state index in [9.17, 15) is 20.1 Å². The molecule has 0 spiro atoms. The van der Waals surface area contributed by atoms with Gasteiger partial charge in [0.15, 0.2) is 0 Å². The van der Waals surface area contributed by atoms with Gasteiger partial charge in [-0.15, -0.1) is 23.4 Å². The van der Waals surface area contributed by atoms with Crippen molar-refractivity contribution in [2.45, 2.75) is 86.3 Å². The molecule has 1 amide bonds. The van der Waals surface area contributed by atoms with Crippen molar-refractivity contribution in [2.24, 2.45) is 5.92 Å². The van der Waals surface area contributed by atoms with Gasteiger partial charge in [0.1, 0.15) is 35.6 Å². The zero-order chi connectivity index (χ0) is 25.4. The van der Waals surface area contributed by atoms with Crippen molar-refractivity contribution in [1.29, 1.82) is 0 Å². The summed E-state index contributed by atoms with van der Waals surface area (Å²) < 4.78 is 11.6. The highest BCUT2D eigenvalue weighted by Crippen LogP contribution is 2.30. The van der Waals surface area contributed by atoms with E-state index in [1.807, 2.05) is 12.1 Å². The Morgan fingerprint density at radius 1 is 1.31 bits per heavy atom. The Labute approximate surface area is 216 Å². The minimum Gasteiger partial charge on any atom is -0.492 e. The number of hydrogen-bond acceptors (Lipinski definition) is 9. The summed E-state index contributed by atoms with van der Waals surface area (Å²) in [4.78, 5) is 17.2. The van der Waals surface area contributed by atoms with Crippen LogP contribution in [0.2, 0.25) is 0 Å². The molecule has 9 nitrogen and oxygen atoms in total. The summed E-state index contributed by atoms with van der Waals surface area (Å²) in [6.45, 7) is 3.07. The molecule has 2 aliphatic rings. The lowest BCUT2D eigenvalue weighted by atomic mass is 9.92. The molecular formula is C24H38ClN3O6S. The largest absolute Gasteiger partial charge is 0.492 e. The number of thioether (sulfide) groups is 1. The molecule has 0 saturated carbocycles. The van der Waals surface area contributed by atoms with Crippen LogP contribution in [-0.2, 0) is 9.53 Å². The second-order valence-electron chi connectivity index (χ2n) is 9.31. The van der Waals surface area contributed by atoms with Gasteiger partial charge in [0.2, 0.25) is 5.91 Å². The van der Waals surface area contributed by atoms with Gasteiger partial charge in [0.05, 0.1) is 30.3 Å². The van der Waals surface area contributed by atoms with Crippen molar-refractivity contribution in [3.63, 3.8) is 0 Å². The highest BCUT2D eigenvalue weighted by atomic mass is 35.5. The number of nitrogens with one attached hydrogen (secondary N) is 2. The van der Waals surface area contributed by atoms with E-state index in [0.717, 1.165) is 38.0 Å². The van der Waals surface area contributed by atoms with E-state index in [1.54, 1.807) is 25.6 Å². The van der Waals surface area contributed by atoms with Crippen LogP contribution in [0.4, 0.5) is 0 Å². The van der Waals surface area contributed by atoms with Gasteiger partial charge < -0.3 is 35.4 Å². The summed E-state index contributed by atoms with van der Waals surface area (Å²) in [5.41, 5.74) is -0.730. The predicted octanol–water partition coefficient (Wildman–Crippen LogP) is 1.28. The van der Waals surface area contributed by atoms with E-state index < -0.39 is 41.3 Å². The molecule has 198 valence electrons. The molecule has 1 unspecified atom stereocenters. The molecule has 0 aliphatic carbocycles. The monoisotopic (exact) mass is 531 g/mol. The van der Waals surface area contributed by atoms with Crippen LogP contribution in [0.3, 0.4) is 0 Å². The fourth-order valence-corrected chi connectivity index (χ4v) is 5.59. The van der Waals surface area contributed by atoms with Crippen molar-refractivity contribution in [1.82, 2.24) is 15.6 Å². The highest BCUT2D eigenvalue weighted by molar-refractivity contribution is 7.99. The summed E-state index contributed by atoms with van der Waals surface area (Å²) in [5, 5.41) is 36.6.